The van der Waals surface area contributed by atoms with Crippen LogP contribution in [0.4, 0.5) is 0 Å². The molecular formula is C55H45N3Si. The van der Waals surface area contributed by atoms with Gasteiger partial charge in [0.1, 0.15) is 0 Å². The Balaban J connectivity index is 1.03. The first-order valence-corrected chi connectivity index (χ1v) is 24.0. The van der Waals surface area contributed by atoms with Crippen LogP contribution in [0.25, 0.3) is 89.4 Å². The molecule has 3 nitrogen and oxygen atoms in total. The van der Waals surface area contributed by atoms with E-state index in [2.05, 4.69) is 215 Å². The summed E-state index contributed by atoms with van der Waals surface area (Å²) in [7, 11) is -1.37. The highest BCUT2D eigenvalue weighted by Gasteiger charge is 2.35. The fourth-order valence-electron chi connectivity index (χ4n) is 8.75. The third-order valence-corrected chi connectivity index (χ3v) is 14.2. The zero-order valence-corrected chi connectivity index (χ0v) is 35.2. The van der Waals surface area contributed by atoms with Gasteiger partial charge in [0.15, 0.2) is 17.5 Å². The average molecular weight is 776 g/mol. The van der Waals surface area contributed by atoms with Crippen LogP contribution in [0.15, 0.2) is 182 Å². The van der Waals surface area contributed by atoms with Crippen LogP contribution in [0, 0.1) is 0 Å². The minimum Gasteiger partial charge on any atom is -0.208 e. The van der Waals surface area contributed by atoms with Gasteiger partial charge in [-0.15, -0.1) is 0 Å². The fourth-order valence-corrected chi connectivity index (χ4v) is 9.92. The Morgan fingerprint density at radius 3 is 1.54 bits per heavy atom. The Kier molecular flexibility index (Phi) is 8.84. The number of nitrogens with zero attached hydrogens (tertiary/aromatic N) is 3. The number of hydrogen-bond donors (Lipinski definition) is 0. The van der Waals surface area contributed by atoms with Crippen LogP contribution >= 0.6 is 0 Å². The molecule has 1 heterocycles. The van der Waals surface area contributed by atoms with Gasteiger partial charge in [-0.25, -0.2) is 15.0 Å². The highest BCUT2D eigenvalue weighted by atomic mass is 28.3. The smallest absolute Gasteiger partial charge is 0.164 e. The average Bonchev–Trinajstić information content (AvgIpc) is 3.51. The van der Waals surface area contributed by atoms with Crippen LogP contribution in [0.3, 0.4) is 0 Å². The summed E-state index contributed by atoms with van der Waals surface area (Å²) >= 11 is 0. The van der Waals surface area contributed by atoms with Gasteiger partial charge in [-0.3, -0.25) is 0 Å². The van der Waals surface area contributed by atoms with E-state index in [1.807, 2.05) is 0 Å². The van der Waals surface area contributed by atoms with E-state index in [4.69, 9.17) is 15.0 Å². The molecule has 8 aromatic carbocycles. The maximum atomic E-state index is 5.19. The first-order valence-electron chi connectivity index (χ1n) is 20.5. The lowest BCUT2D eigenvalue weighted by molar-refractivity contribution is 0.660. The summed E-state index contributed by atoms with van der Waals surface area (Å²) in [5, 5.41) is 3.72. The molecule has 284 valence electrons. The van der Waals surface area contributed by atoms with Crippen molar-refractivity contribution in [3.63, 3.8) is 0 Å². The third-order valence-electron chi connectivity index (χ3n) is 12.1. The molecule has 0 saturated carbocycles. The summed E-state index contributed by atoms with van der Waals surface area (Å²) < 4.78 is 0. The molecule has 0 bridgehead atoms. The SMILES string of the molecule is CC1(C)c2ccccc2-c2ccc(-c3cccc(-c4cccc(-c5nc(-c6ccc(-c7ccc([Si](C)(C)C)cc7)cc6)nc(-c6cccc7ccccc67)n5)c4)c3)cc21. The van der Waals surface area contributed by atoms with Crippen LogP contribution < -0.4 is 5.19 Å². The van der Waals surface area contributed by atoms with E-state index in [1.54, 1.807) is 0 Å². The Bertz CT molecular complexity index is 3040. The summed E-state index contributed by atoms with van der Waals surface area (Å²) in [6.45, 7) is 11.8. The van der Waals surface area contributed by atoms with Crippen LogP contribution in [-0.2, 0) is 5.41 Å². The lowest BCUT2D eigenvalue weighted by Crippen LogP contribution is -2.37. The molecule has 0 radical (unpaired) electrons. The number of aromatic nitrogens is 3. The predicted molar refractivity (Wildman–Crippen MR) is 250 cm³/mol. The Hall–Kier alpha value is -6.75. The van der Waals surface area contributed by atoms with Gasteiger partial charge in [0.25, 0.3) is 0 Å². The maximum absolute atomic E-state index is 5.19. The Morgan fingerprint density at radius 1 is 0.356 bits per heavy atom. The normalized spacial score (nSPS) is 13.0. The standard InChI is InChI=1S/C55H45N3Si/c1-55(2)50-22-9-8-20-47(50)48-32-29-43(35-51(48)55)41-16-10-15-40(33-41)42-17-11-18-44(34-42)53-56-52(57-54(58-53)49-21-12-14-38-13-6-7-19-46(38)49)39-25-23-36(24-26-39)37-27-30-45(31-28-37)59(3,4)5/h6-35H,1-5H3. The largest absolute Gasteiger partial charge is 0.208 e. The van der Waals surface area contributed by atoms with E-state index in [9.17, 15) is 0 Å². The number of fused-ring (bicyclic) bond motifs is 4. The molecule has 0 saturated heterocycles. The lowest BCUT2D eigenvalue weighted by Gasteiger charge is -2.22. The zero-order valence-electron chi connectivity index (χ0n) is 34.2. The topological polar surface area (TPSA) is 38.7 Å². The molecule has 0 unspecified atom stereocenters. The van der Waals surface area contributed by atoms with Crippen molar-refractivity contribution in [3.05, 3.63) is 193 Å². The molecule has 0 amide bonds. The summed E-state index contributed by atoms with van der Waals surface area (Å²) in [6.07, 6.45) is 0. The van der Waals surface area contributed by atoms with Crippen LogP contribution in [0.1, 0.15) is 25.0 Å². The molecule has 0 spiro atoms. The fraction of sp³-hybridized carbons (Fsp3) is 0.109. The number of rotatable bonds is 7. The van der Waals surface area contributed by atoms with E-state index in [0.29, 0.717) is 17.5 Å². The highest BCUT2D eigenvalue weighted by Crippen LogP contribution is 2.49. The summed E-state index contributed by atoms with van der Waals surface area (Å²) in [5.74, 6) is 1.94. The molecule has 59 heavy (non-hydrogen) atoms. The lowest BCUT2D eigenvalue weighted by atomic mass is 9.81. The predicted octanol–water partition coefficient (Wildman–Crippen LogP) is 13.9. The van der Waals surface area contributed by atoms with Crippen LogP contribution in [0.2, 0.25) is 19.6 Å². The summed E-state index contributed by atoms with van der Waals surface area (Å²) in [5.41, 5.74) is 15.3. The summed E-state index contributed by atoms with van der Waals surface area (Å²) in [6, 6.07) is 65.7. The molecule has 9 aromatic rings. The minimum absolute atomic E-state index is 0.0519. The first kappa shape index (κ1) is 36.6. The van der Waals surface area contributed by atoms with E-state index in [0.717, 1.165) is 38.6 Å². The second-order valence-corrected chi connectivity index (χ2v) is 22.4. The first-order chi connectivity index (χ1) is 28.6. The van der Waals surface area contributed by atoms with Crippen molar-refractivity contribution < 1.29 is 0 Å². The van der Waals surface area contributed by atoms with Gasteiger partial charge in [-0.2, -0.15) is 0 Å². The van der Waals surface area contributed by atoms with Crippen molar-refractivity contribution in [3.8, 4) is 78.7 Å². The van der Waals surface area contributed by atoms with Crippen LogP contribution in [0.5, 0.6) is 0 Å². The molecule has 4 heteroatoms. The van der Waals surface area contributed by atoms with E-state index in [-0.39, 0.29) is 5.41 Å². The zero-order chi connectivity index (χ0) is 40.3. The maximum Gasteiger partial charge on any atom is 0.164 e. The molecule has 10 rings (SSSR count). The monoisotopic (exact) mass is 775 g/mol. The van der Waals surface area contributed by atoms with E-state index in [1.165, 1.54) is 49.7 Å². The summed E-state index contributed by atoms with van der Waals surface area (Å²) in [4.78, 5) is 15.5. The molecular weight excluding hydrogens is 731 g/mol. The van der Waals surface area contributed by atoms with Crippen molar-refractivity contribution in [1.29, 1.82) is 0 Å². The van der Waals surface area contributed by atoms with Gasteiger partial charge in [-0.05, 0) is 84.6 Å². The molecule has 0 fully saturated rings. The third kappa shape index (κ3) is 6.70. The quantitative estimate of drug-likeness (QED) is 0.151. The van der Waals surface area contributed by atoms with Crippen molar-refractivity contribution in [1.82, 2.24) is 15.0 Å². The van der Waals surface area contributed by atoms with E-state index < -0.39 is 8.07 Å². The second-order valence-electron chi connectivity index (χ2n) is 17.3. The minimum atomic E-state index is -1.37. The van der Waals surface area contributed by atoms with Crippen LogP contribution in [-0.4, -0.2) is 23.0 Å². The molecule has 0 aliphatic heterocycles. The Morgan fingerprint density at radius 2 is 0.831 bits per heavy atom. The molecule has 0 N–H and O–H groups in total. The van der Waals surface area contributed by atoms with Gasteiger partial charge in [0.2, 0.25) is 0 Å². The van der Waals surface area contributed by atoms with Gasteiger partial charge < -0.3 is 0 Å². The van der Waals surface area contributed by atoms with Crippen molar-refractivity contribution in [2.45, 2.75) is 38.9 Å². The molecule has 1 aliphatic rings. The van der Waals surface area contributed by atoms with Crippen molar-refractivity contribution in [2.24, 2.45) is 0 Å². The van der Waals surface area contributed by atoms with Gasteiger partial charge in [0.05, 0.1) is 8.07 Å². The van der Waals surface area contributed by atoms with E-state index >= 15 is 0 Å². The van der Waals surface area contributed by atoms with Crippen molar-refractivity contribution >= 4 is 24.0 Å². The second kappa shape index (κ2) is 14.3. The molecule has 1 aliphatic carbocycles. The van der Waals surface area contributed by atoms with Crippen molar-refractivity contribution in [2.75, 3.05) is 0 Å². The Labute approximate surface area is 348 Å². The molecule has 0 atom stereocenters. The van der Waals surface area contributed by atoms with Gasteiger partial charge >= 0.3 is 0 Å². The molecule has 1 aromatic heterocycles. The van der Waals surface area contributed by atoms with Gasteiger partial charge in [0, 0.05) is 22.1 Å². The number of benzene rings is 8. The number of hydrogen-bond acceptors (Lipinski definition) is 3. The highest BCUT2D eigenvalue weighted by molar-refractivity contribution is 6.88. The van der Waals surface area contributed by atoms with Gasteiger partial charge in [-0.1, -0.05) is 202 Å².